The molecule has 0 bridgehead atoms. The number of nitrogens with one attached hydrogen (secondary N) is 1. The van der Waals surface area contributed by atoms with Gasteiger partial charge in [0.25, 0.3) is 11.8 Å². The molecule has 2 amide bonds. The van der Waals surface area contributed by atoms with Crippen LogP contribution in [0.3, 0.4) is 0 Å². The Labute approximate surface area is 181 Å². The van der Waals surface area contributed by atoms with Gasteiger partial charge in [0.15, 0.2) is 11.5 Å². The van der Waals surface area contributed by atoms with Crippen molar-refractivity contribution in [1.82, 2.24) is 0 Å². The number of halogens is 1. The molecule has 30 heavy (non-hydrogen) atoms. The van der Waals surface area contributed by atoms with Gasteiger partial charge in [0.2, 0.25) is 6.79 Å². The number of nitrogens with zero attached hydrogens (tertiary/aromatic N) is 1. The number of aryl methyl sites for hydroxylation is 1. The Balaban J connectivity index is 1.59. The third kappa shape index (κ3) is 3.03. The summed E-state index contributed by atoms with van der Waals surface area (Å²) in [5.74, 6) is 0.387. The van der Waals surface area contributed by atoms with E-state index < -0.39 is 11.8 Å². The highest BCUT2D eigenvalue weighted by molar-refractivity contribution is 7.11. The van der Waals surface area contributed by atoms with E-state index in [4.69, 9.17) is 21.1 Å². The first-order valence-corrected chi connectivity index (χ1v) is 10.4. The van der Waals surface area contributed by atoms with E-state index >= 15 is 0 Å². The molecule has 0 saturated carbocycles. The second-order valence-corrected chi connectivity index (χ2v) is 8.18. The van der Waals surface area contributed by atoms with Gasteiger partial charge in [-0.1, -0.05) is 23.7 Å². The number of rotatable bonds is 4. The highest BCUT2D eigenvalue weighted by atomic mass is 35.5. The summed E-state index contributed by atoms with van der Waals surface area (Å²) in [6, 6.07) is 14.1. The van der Waals surface area contributed by atoms with Crippen molar-refractivity contribution in [2.24, 2.45) is 0 Å². The van der Waals surface area contributed by atoms with E-state index in [1.54, 1.807) is 36.4 Å². The monoisotopic (exact) mass is 438 g/mol. The van der Waals surface area contributed by atoms with Crippen LogP contribution >= 0.6 is 22.9 Å². The Kier molecular flexibility index (Phi) is 4.49. The van der Waals surface area contributed by atoms with E-state index in [0.717, 1.165) is 5.56 Å². The third-order valence-corrected chi connectivity index (χ3v) is 6.03. The van der Waals surface area contributed by atoms with Crippen molar-refractivity contribution < 1.29 is 19.1 Å². The van der Waals surface area contributed by atoms with E-state index in [-0.39, 0.29) is 12.5 Å². The van der Waals surface area contributed by atoms with Crippen LogP contribution in [0, 0.1) is 6.92 Å². The van der Waals surface area contributed by atoms with Crippen LogP contribution in [0.5, 0.6) is 11.5 Å². The smallest absolute Gasteiger partial charge is 0.282 e. The predicted octanol–water partition coefficient (Wildman–Crippen LogP) is 4.84. The van der Waals surface area contributed by atoms with Gasteiger partial charge < -0.3 is 14.8 Å². The second kappa shape index (κ2) is 7.19. The molecule has 3 aromatic rings. The molecule has 5 rings (SSSR count). The van der Waals surface area contributed by atoms with E-state index in [1.807, 2.05) is 24.4 Å². The lowest BCUT2D eigenvalue weighted by atomic mass is 10.1. The number of hydrogen-bond donors (Lipinski definition) is 1. The fourth-order valence-electron chi connectivity index (χ4n) is 3.46. The quantitative estimate of drug-likeness (QED) is 0.590. The molecule has 0 unspecified atom stereocenters. The first kappa shape index (κ1) is 18.7. The molecule has 0 atom stereocenters. The number of amides is 2. The second-order valence-electron chi connectivity index (χ2n) is 6.80. The maximum absolute atomic E-state index is 13.4. The van der Waals surface area contributed by atoms with Crippen molar-refractivity contribution in [2.75, 3.05) is 17.0 Å². The molecule has 6 nitrogen and oxygen atoms in total. The van der Waals surface area contributed by atoms with Gasteiger partial charge in [-0.05, 0) is 48.2 Å². The van der Waals surface area contributed by atoms with Gasteiger partial charge in [0.05, 0.1) is 11.3 Å². The summed E-state index contributed by atoms with van der Waals surface area (Å²) in [5, 5.41) is 5.45. The van der Waals surface area contributed by atoms with Gasteiger partial charge in [0.1, 0.15) is 5.70 Å². The molecule has 3 heterocycles. The summed E-state index contributed by atoms with van der Waals surface area (Å²) in [6.07, 6.45) is 0. The predicted molar refractivity (Wildman–Crippen MR) is 116 cm³/mol. The van der Waals surface area contributed by atoms with E-state index in [1.165, 1.54) is 16.2 Å². The van der Waals surface area contributed by atoms with Crippen LogP contribution in [-0.2, 0) is 9.59 Å². The Morgan fingerprint density at radius 3 is 2.67 bits per heavy atom. The molecule has 0 fully saturated rings. The van der Waals surface area contributed by atoms with Gasteiger partial charge in [-0.2, -0.15) is 0 Å². The van der Waals surface area contributed by atoms with E-state index in [2.05, 4.69) is 5.32 Å². The molecule has 1 aromatic heterocycles. The van der Waals surface area contributed by atoms with E-state index in [9.17, 15) is 9.59 Å². The maximum atomic E-state index is 13.4. The molecule has 0 saturated heterocycles. The summed E-state index contributed by atoms with van der Waals surface area (Å²) in [6.45, 7) is 1.99. The van der Waals surface area contributed by atoms with Crippen molar-refractivity contribution >= 4 is 51.7 Å². The average Bonchev–Trinajstić information content (AvgIpc) is 3.45. The molecule has 2 aliphatic rings. The summed E-state index contributed by atoms with van der Waals surface area (Å²) in [4.78, 5) is 28.7. The summed E-state index contributed by atoms with van der Waals surface area (Å²) in [7, 11) is 0. The molecule has 150 valence electrons. The first-order valence-electron chi connectivity index (χ1n) is 9.12. The molecule has 8 heteroatoms. The molecule has 0 radical (unpaired) electrons. The molecule has 2 aliphatic heterocycles. The number of fused-ring (bicyclic) bond motifs is 1. The SMILES string of the molecule is Cc1ccc(Cl)cc1N1C(=O)C(Nc2ccc3c(c2)OCO3)=C(c2cccs2)C1=O. The number of thiophene rings is 1. The minimum atomic E-state index is -0.438. The first-order chi connectivity index (χ1) is 14.5. The van der Waals surface area contributed by atoms with Gasteiger partial charge in [-0.15, -0.1) is 11.3 Å². The van der Waals surface area contributed by atoms with Crippen LogP contribution in [0.2, 0.25) is 5.02 Å². The Morgan fingerprint density at radius 1 is 1.03 bits per heavy atom. The van der Waals surface area contributed by atoms with Gasteiger partial charge >= 0.3 is 0 Å². The zero-order valence-electron chi connectivity index (χ0n) is 15.8. The Hall–Kier alpha value is -3.29. The lowest BCUT2D eigenvalue weighted by Crippen LogP contribution is -2.33. The normalized spacial score (nSPS) is 15.3. The number of carbonyl (C=O) groups excluding carboxylic acids is 2. The van der Waals surface area contributed by atoms with Gasteiger partial charge in [-0.25, -0.2) is 4.90 Å². The van der Waals surface area contributed by atoms with Crippen molar-refractivity contribution in [1.29, 1.82) is 0 Å². The highest BCUT2D eigenvalue weighted by Gasteiger charge is 2.41. The number of carbonyl (C=O) groups is 2. The van der Waals surface area contributed by atoms with Crippen LogP contribution < -0.4 is 19.7 Å². The largest absolute Gasteiger partial charge is 0.454 e. The van der Waals surface area contributed by atoms with Crippen LogP contribution in [0.1, 0.15) is 10.4 Å². The number of benzene rings is 2. The Morgan fingerprint density at radius 2 is 1.87 bits per heavy atom. The highest BCUT2D eigenvalue weighted by Crippen LogP contribution is 2.39. The summed E-state index contributed by atoms with van der Waals surface area (Å²) < 4.78 is 10.8. The van der Waals surface area contributed by atoms with E-state index in [0.29, 0.717) is 38.3 Å². The zero-order chi connectivity index (χ0) is 20.8. The van der Waals surface area contributed by atoms with Crippen LogP contribution in [0.4, 0.5) is 11.4 Å². The Bertz CT molecular complexity index is 1220. The maximum Gasteiger partial charge on any atom is 0.282 e. The average molecular weight is 439 g/mol. The lowest BCUT2D eigenvalue weighted by Gasteiger charge is -2.18. The van der Waals surface area contributed by atoms with Crippen molar-refractivity contribution in [3.8, 4) is 11.5 Å². The summed E-state index contributed by atoms with van der Waals surface area (Å²) in [5.41, 5.74) is 2.40. The molecule has 0 spiro atoms. The van der Waals surface area contributed by atoms with Crippen LogP contribution in [0.25, 0.3) is 5.57 Å². The van der Waals surface area contributed by atoms with Crippen molar-refractivity contribution in [2.45, 2.75) is 6.92 Å². The fourth-order valence-corrected chi connectivity index (χ4v) is 4.39. The fraction of sp³-hybridized carbons (Fsp3) is 0.0909. The minimum Gasteiger partial charge on any atom is -0.454 e. The van der Waals surface area contributed by atoms with Crippen LogP contribution in [0.15, 0.2) is 59.6 Å². The number of hydrogen-bond acceptors (Lipinski definition) is 6. The number of ether oxygens (including phenoxy) is 2. The van der Waals surface area contributed by atoms with Crippen molar-refractivity contribution in [3.05, 3.63) is 75.1 Å². The molecular weight excluding hydrogens is 424 g/mol. The topological polar surface area (TPSA) is 67.9 Å². The molecule has 0 aliphatic carbocycles. The van der Waals surface area contributed by atoms with Crippen molar-refractivity contribution in [3.63, 3.8) is 0 Å². The zero-order valence-corrected chi connectivity index (χ0v) is 17.3. The minimum absolute atomic E-state index is 0.154. The van der Waals surface area contributed by atoms with Gasteiger partial charge in [-0.3, -0.25) is 9.59 Å². The third-order valence-electron chi connectivity index (χ3n) is 4.91. The number of imide groups is 1. The van der Waals surface area contributed by atoms with Gasteiger partial charge in [0, 0.05) is 21.7 Å². The lowest BCUT2D eigenvalue weighted by molar-refractivity contribution is -0.120. The molecule has 1 N–H and O–H groups in total. The standard InChI is InChI=1S/C22H15ClN2O4S/c1-12-4-5-13(23)9-15(12)25-21(26)19(18-3-2-8-30-18)20(22(25)27)24-14-6-7-16-17(10-14)29-11-28-16/h2-10,24H,11H2,1H3. The van der Waals surface area contributed by atoms with Crippen LogP contribution in [-0.4, -0.2) is 18.6 Å². The summed E-state index contributed by atoms with van der Waals surface area (Å²) >= 11 is 7.54. The molecular formula is C22H15ClN2O4S. The number of anilines is 2. The molecule has 2 aromatic carbocycles.